The molecule has 0 spiro atoms. The second-order valence-electron chi connectivity index (χ2n) is 5.35. The highest BCUT2D eigenvalue weighted by molar-refractivity contribution is 5.39. The van der Waals surface area contributed by atoms with Gasteiger partial charge in [0.1, 0.15) is 0 Å². The molecule has 1 aliphatic heterocycles. The number of alkyl halides is 3. The van der Waals surface area contributed by atoms with Crippen molar-refractivity contribution in [3.05, 3.63) is 18.3 Å². The minimum absolute atomic E-state index is 0.0899. The first-order valence-electron chi connectivity index (χ1n) is 6.85. The maximum absolute atomic E-state index is 12.4. The van der Waals surface area contributed by atoms with Gasteiger partial charge in [-0.3, -0.25) is 0 Å². The van der Waals surface area contributed by atoms with Crippen molar-refractivity contribution in [2.24, 2.45) is 0 Å². The number of anilines is 1. The molecule has 21 heavy (non-hydrogen) atoms. The van der Waals surface area contributed by atoms with Gasteiger partial charge in [-0.25, -0.2) is 0 Å². The summed E-state index contributed by atoms with van der Waals surface area (Å²) >= 11 is 0. The molecular formula is C13H19F3N4O. The van der Waals surface area contributed by atoms with E-state index >= 15 is 0 Å². The molecule has 1 saturated heterocycles. The maximum Gasteiger partial charge on any atom is 0.415 e. The molecule has 1 fully saturated rings. The lowest BCUT2D eigenvalue weighted by atomic mass is 10.2. The molecule has 1 N–H and O–H groups in total. The number of halogens is 3. The zero-order chi connectivity index (χ0) is 15.5. The van der Waals surface area contributed by atoms with Crippen molar-refractivity contribution >= 4 is 5.82 Å². The Morgan fingerprint density at radius 1 is 1.52 bits per heavy atom. The number of rotatable bonds is 5. The Morgan fingerprint density at radius 3 is 2.90 bits per heavy atom. The first kappa shape index (κ1) is 16.0. The molecule has 1 aliphatic rings. The highest BCUT2D eigenvalue weighted by Gasteiger charge is 2.39. The second kappa shape index (κ2) is 6.57. The van der Waals surface area contributed by atoms with Gasteiger partial charge in [-0.05, 0) is 32.0 Å². The van der Waals surface area contributed by atoms with Crippen LogP contribution in [-0.2, 0) is 0 Å². The van der Waals surface area contributed by atoms with Crippen LogP contribution in [0.15, 0.2) is 18.3 Å². The largest absolute Gasteiger partial charge is 0.415 e. The van der Waals surface area contributed by atoms with Crippen molar-refractivity contribution < 1.29 is 18.3 Å². The van der Waals surface area contributed by atoms with Crippen LogP contribution in [0.25, 0.3) is 0 Å². The first-order chi connectivity index (χ1) is 9.88. The van der Waals surface area contributed by atoms with Crippen molar-refractivity contribution in [1.82, 2.24) is 15.1 Å². The van der Waals surface area contributed by atoms with Gasteiger partial charge in [0.25, 0.3) is 0 Å². The predicted octanol–water partition coefficient (Wildman–Crippen LogP) is 1.30. The van der Waals surface area contributed by atoms with E-state index in [0.717, 1.165) is 25.2 Å². The molecule has 0 unspecified atom stereocenters. The van der Waals surface area contributed by atoms with Gasteiger partial charge in [-0.15, -0.1) is 5.10 Å². The summed E-state index contributed by atoms with van der Waals surface area (Å²) in [4.78, 5) is 3.57. The number of aliphatic hydroxyl groups is 1. The van der Waals surface area contributed by atoms with Crippen molar-refractivity contribution in [3.8, 4) is 0 Å². The van der Waals surface area contributed by atoms with E-state index < -0.39 is 18.8 Å². The van der Waals surface area contributed by atoms with Gasteiger partial charge in [-0.1, -0.05) is 0 Å². The third-order valence-corrected chi connectivity index (χ3v) is 3.61. The van der Waals surface area contributed by atoms with Crippen molar-refractivity contribution in [1.29, 1.82) is 0 Å². The highest BCUT2D eigenvalue weighted by Crippen LogP contribution is 2.24. The predicted molar refractivity (Wildman–Crippen MR) is 72.0 cm³/mol. The molecule has 0 amide bonds. The van der Waals surface area contributed by atoms with Gasteiger partial charge in [0, 0.05) is 31.9 Å². The fourth-order valence-electron chi connectivity index (χ4n) is 2.61. The van der Waals surface area contributed by atoms with E-state index in [1.54, 1.807) is 19.3 Å². The molecule has 0 saturated carbocycles. The zero-order valence-corrected chi connectivity index (χ0v) is 11.8. The number of nitrogens with zero attached hydrogens (tertiary/aromatic N) is 4. The summed E-state index contributed by atoms with van der Waals surface area (Å²) in [5.41, 5.74) is 0. The summed E-state index contributed by atoms with van der Waals surface area (Å²) in [7, 11) is 1.59. The van der Waals surface area contributed by atoms with Crippen LogP contribution in [-0.4, -0.2) is 65.2 Å². The van der Waals surface area contributed by atoms with Crippen LogP contribution < -0.4 is 4.90 Å². The molecule has 0 bridgehead atoms. The minimum Gasteiger partial charge on any atom is -0.382 e. The molecule has 2 atom stereocenters. The molecule has 0 aromatic carbocycles. The van der Waals surface area contributed by atoms with Crippen LogP contribution in [0.1, 0.15) is 12.8 Å². The SMILES string of the molecule is CN(C[C@H]1CCCN1c1cccnn1)C[C@H](O)C(F)(F)F. The minimum atomic E-state index is -4.57. The van der Waals surface area contributed by atoms with Crippen LogP contribution in [0.5, 0.6) is 0 Å². The number of hydrogen-bond donors (Lipinski definition) is 1. The summed E-state index contributed by atoms with van der Waals surface area (Å²) in [6.45, 7) is 0.844. The third kappa shape index (κ3) is 4.28. The Kier molecular flexibility index (Phi) is 5.00. The zero-order valence-electron chi connectivity index (χ0n) is 11.8. The lowest BCUT2D eigenvalue weighted by molar-refractivity contribution is -0.207. The molecule has 0 aliphatic carbocycles. The number of aliphatic hydroxyl groups excluding tert-OH is 1. The lowest BCUT2D eigenvalue weighted by Gasteiger charge is -2.30. The van der Waals surface area contributed by atoms with Crippen LogP contribution in [0.4, 0.5) is 19.0 Å². The van der Waals surface area contributed by atoms with Gasteiger partial charge in [0.05, 0.1) is 0 Å². The molecule has 5 nitrogen and oxygen atoms in total. The van der Waals surface area contributed by atoms with Gasteiger partial charge in [-0.2, -0.15) is 18.3 Å². The fourth-order valence-corrected chi connectivity index (χ4v) is 2.61. The summed E-state index contributed by atoms with van der Waals surface area (Å²) < 4.78 is 37.1. The Balaban J connectivity index is 1.92. The van der Waals surface area contributed by atoms with Crippen LogP contribution in [0, 0.1) is 0 Å². The van der Waals surface area contributed by atoms with E-state index in [9.17, 15) is 13.2 Å². The normalized spacial score (nSPS) is 21.0. The summed E-state index contributed by atoms with van der Waals surface area (Å²) in [5.74, 6) is 0.741. The first-order valence-corrected chi connectivity index (χ1v) is 6.85. The molecule has 1 aromatic heterocycles. The molecule has 8 heteroatoms. The average molecular weight is 304 g/mol. The molecule has 2 rings (SSSR count). The van der Waals surface area contributed by atoms with E-state index in [2.05, 4.69) is 15.1 Å². The Hall–Kier alpha value is -1.41. The number of likely N-dealkylation sites (N-methyl/N-ethyl adjacent to an activating group) is 1. The standard InChI is InChI=1S/C13H19F3N4O/c1-19(9-11(21)13(14,15)16)8-10-4-3-7-20(10)12-5-2-6-17-18-12/h2,5-6,10-11,21H,3-4,7-9H2,1H3/t10-,11+/m1/s1. The Morgan fingerprint density at radius 2 is 2.29 bits per heavy atom. The van der Waals surface area contributed by atoms with Gasteiger partial charge in [0.15, 0.2) is 11.9 Å². The third-order valence-electron chi connectivity index (χ3n) is 3.61. The average Bonchev–Trinajstić information content (AvgIpc) is 2.86. The quantitative estimate of drug-likeness (QED) is 0.888. The molecule has 1 aromatic rings. The van der Waals surface area contributed by atoms with Crippen molar-refractivity contribution in [3.63, 3.8) is 0 Å². The molecule has 0 radical (unpaired) electrons. The Labute approximate surface area is 121 Å². The van der Waals surface area contributed by atoms with E-state index in [0.29, 0.717) is 6.54 Å². The number of aromatic nitrogens is 2. The molecule has 2 heterocycles. The maximum atomic E-state index is 12.4. The van der Waals surface area contributed by atoms with Crippen LogP contribution in [0.3, 0.4) is 0 Å². The number of hydrogen-bond acceptors (Lipinski definition) is 5. The summed E-state index contributed by atoms with van der Waals surface area (Å²) in [6, 6.07) is 3.72. The smallest absolute Gasteiger partial charge is 0.382 e. The van der Waals surface area contributed by atoms with Crippen LogP contribution in [0.2, 0.25) is 0 Å². The molecule has 118 valence electrons. The van der Waals surface area contributed by atoms with E-state index in [1.807, 2.05) is 6.07 Å². The fraction of sp³-hybridized carbons (Fsp3) is 0.692. The van der Waals surface area contributed by atoms with Crippen LogP contribution >= 0.6 is 0 Å². The summed E-state index contributed by atoms with van der Waals surface area (Å²) in [6.07, 6.45) is -3.44. The van der Waals surface area contributed by atoms with E-state index in [1.165, 1.54) is 4.90 Å². The molecular weight excluding hydrogens is 285 g/mol. The van der Waals surface area contributed by atoms with Crippen molar-refractivity contribution in [2.75, 3.05) is 31.6 Å². The Bertz CT molecular complexity index is 443. The van der Waals surface area contributed by atoms with E-state index in [-0.39, 0.29) is 6.04 Å². The van der Waals surface area contributed by atoms with Gasteiger partial charge >= 0.3 is 6.18 Å². The topological polar surface area (TPSA) is 52.5 Å². The van der Waals surface area contributed by atoms with Gasteiger partial charge < -0.3 is 14.9 Å². The van der Waals surface area contributed by atoms with Gasteiger partial charge in [0.2, 0.25) is 0 Å². The van der Waals surface area contributed by atoms with Crippen molar-refractivity contribution in [2.45, 2.75) is 31.2 Å². The monoisotopic (exact) mass is 304 g/mol. The highest BCUT2D eigenvalue weighted by atomic mass is 19.4. The van der Waals surface area contributed by atoms with E-state index in [4.69, 9.17) is 5.11 Å². The summed E-state index contributed by atoms with van der Waals surface area (Å²) in [5, 5.41) is 17.0. The second-order valence-corrected chi connectivity index (χ2v) is 5.35. The lowest BCUT2D eigenvalue weighted by Crippen LogP contribution is -2.45.